The Bertz CT molecular complexity index is 606. The van der Waals surface area contributed by atoms with E-state index in [9.17, 15) is 9.59 Å². The molecule has 2 aliphatic rings. The number of hydrogen-bond acceptors (Lipinski definition) is 3. The lowest BCUT2D eigenvalue weighted by molar-refractivity contribution is -0.139. The molecular formula is C19H27N3O2. The van der Waals surface area contributed by atoms with Crippen LogP contribution >= 0.6 is 0 Å². The van der Waals surface area contributed by atoms with E-state index < -0.39 is 0 Å². The number of anilines is 1. The van der Waals surface area contributed by atoms with Crippen molar-refractivity contribution in [1.82, 2.24) is 10.2 Å². The van der Waals surface area contributed by atoms with Gasteiger partial charge in [0, 0.05) is 48.9 Å². The van der Waals surface area contributed by atoms with E-state index >= 15 is 0 Å². The molecule has 24 heavy (non-hydrogen) atoms. The van der Waals surface area contributed by atoms with Gasteiger partial charge in [-0.2, -0.15) is 0 Å². The Kier molecular flexibility index (Phi) is 4.52. The van der Waals surface area contributed by atoms with Crippen LogP contribution in [0.3, 0.4) is 0 Å². The van der Waals surface area contributed by atoms with Gasteiger partial charge in [0.25, 0.3) is 5.91 Å². The minimum atomic E-state index is -0.321. The molecule has 0 unspecified atom stereocenters. The van der Waals surface area contributed by atoms with Gasteiger partial charge in [0.15, 0.2) is 0 Å². The number of piperazine rings is 1. The van der Waals surface area contributed by atoms with Crippen LogP contribution < -0.4 is 10.2 Å². The van der Waals surface area contributed by atoms with Crippen LogP contribution in [0.4, 0.5) is 5.69 Å². The van der Waals surface area contributed by atoms with Crippen LogP contribution in [0.1, 0.15) is 44.0 Å². The maximum atomic E-state index is 12.3. The van der Waals surface area contributed by atoms with E-state index in [1.165, 1.54) is 0 Å². The van der Waals surface area contributed by atoms with E-state index in [1.807, 2.05) is 49.9 Å². The zero-order chi connectivity index (χ0) is 17.3. The first-order chi connectivity index (χ1) is 11.3. The van der Waals surface area contributed by atoms with Crippen molar-refractivity contribution in [3.63, 3.8) is 0 Å². The second kappa shape index (κ2) is 6.46. The number of rotatable bonds is 3. The molecule has 0 bridgehead atoms. The average molecular weight is 329 g/mol. The molecule has 2 fully saturated rings. The topological polar surface area (TPSA) is 52.7 Å². The molecule has 2 amide bonds. The summed E-state index contributed by atoms with van der Waals surface area (Å²) < 4.78 is 0. The second-order valence-electron chi connectivity index (χ2n) is 7.82. The quantitative estimate of drug-likeness (QED) is 0.925. The summed E-state index contributed by atoms with van der Waals surface area (Å²) >= 11 is 0. The van der Waals surface area contributed by atoms with Gasteiger partial charge < -0.3 is 15.1 Å². The molecule has 1 aromatic carbocycles. The average Bonchev–Trinajstić information content (AvgIpc) is 3.37. The van der Waals surface area contributed by atoms with Crippen molar-refractivity contribution in [3.8, 4) is 0 Å². The van der Waals surface area contributed by atoms with Gasteiger partial charge in [-0.1, -0.05) is 20.8 Å². The maximum absolute atomic E-state index is 12.3. The summed E-state index contributed by atoms with van der Waals surface area (Å²) in [5.74, 6) is 0.235. The van der Waals surface area contributed by atoms with E-state index in [2.05, 4.69) is 10.2 Å². The van der Waals surface area contributed by atoms with Crippen molar-refractivity contribution in [2.24, 2.45) is 5.41 Å². The molecule has 0 radical (unpaired) electrons. The summed E-state index contributed by atoms with van der Waals surface area (Å²) in [6, 6.07) is 8.16. The van der Waals surface area contributed by atoms with E-state index in [-0.39, 0.29) is 17.2 Å². The smallest absolute Gasteiger partial charge is 0.251 e. The molecule has 1 saturated heterocycles. The second-order valence-corrected chi connectivity index (χ2v) is 7.82. The summed E-state index contributed by atoms with van der Waals surface area (Å²) in [5, 5.41) is 3.00. The molecule has 3 rings (SSSR count). The van der Waals surface area contributed by atoms with Crippen molar-refractivity contribution in [2.75, 3.05) is 31.1 Å². The number of nitrogens with zero attached hydrogens (tertiary/aromatic N) is 2. The normalized spacial score (nSPS) is 18.5. The van der Waals surface area contributed by atoms with Crippen LogP contribution in [0, 0.1) is 5.41 Å². The molecule has 0 atom stereocenters. The Morgan fingerprint density at radius 1 is 1.00 bits per heavy atom. The Hall–Kier alpha value is -2.04. The third-order valence-corrected chi connectivity index (χ3v) is 4.62. The van der Waals surface area contributed by atoms with Gasteiger partial charge in [-0.05, 0) is 37.1 Å². The number of carbonyl (C=O) groups excluding carboxylic acids is 2. The Balaban J connectivity index is 1.56. The summed E-state index contributed by atoms with van der Waals surface area (Å²) in [6.07, 6.45) is 2.20. The maximum Gasteiger partial charge on any atom is 0.251 e. The van der Waals surface area contributed by atoms with E-state index in [1.54, 1.807) is 0 Å². The number of benzene rings is 1. The fraction of sp³-hybridized carbons (Fsp3) is 0.579. The summed E-state index contributed by atoms with van der Waals surface area (Å²) in [4.78, 5) is 28.6. The predicted molar refractivity (Wildman–Crippen MR) is 95.2 cm³/mol. The van der Waals surface area contributed by atoms with E-state index in [0.717, 1.165) is 44.7 Å². The van der Waals surface area contributed by atoms with Gasteiger partial charge in [0.05, 0.1) is 0 Å². The zero-order valence-corrected chi connectivity index (χ0v) is 14.8. The third kappa shape index (κ3) is 3.89. The number of carbonyl (C=O) groups is 2. The molecule has 1 aliphatic carbocycles. The van der Waals surface area contributed by atoms with Gasteiger partial charge in [0.1, 0.15) is 0 Å². The SMILES string of the molecule is CC(C)(C)C(=O)N1CCN(c2ccc(C(=O)NC3CC3)cc2)CC1. The van der Waals surface area contributed by atoms with Gasteiger partial charge in [-0.25, -0.2) is 0 Å². The highest BCUT2D eigenvalue weighted by Gasteiger charge is 2.29. The monoisotopic (exact) mass is 329 g/mol. The number of amides is 2. The lowest BCUT2D eigenvalue weighted by Crippen LogP contribution is -2.51. The van der Waals surface area contributed by atoms with Crippen molar-refractivity contribution in [3.05, 3.63) is 29.8 Å². The first-order valence-corrected chi connectivity index (χ1v) is 8.80. The lowest BCUT2D eigenvalue weighted by Gasteiger charge is -2.38. The van der Waals surface area contributed by atoms with Crippen molar-refractivity contribution < 1.29 is 9.59 Å². The molecule has 1 N–H and O–H groups in total. The fourth-order valence-corrected chi connectivity index (χ4v) is 2.96. The number of hydrogen-bond donors (Lipinski definition) is 1. The Labute approximate surface area is 144 Å². The number of nitrogens with one attached hydrogen (secondary N) is 1. The molecular weight excluding hydrogens is 302 g/mol. The van der Waals surface area contributed by atoms with Crippen LogP contribution in [0.5, 0.6) is 0 Å². The highest BCUT2D eigenvalue weighted by molar-refractivity contribution is 5.94. The summed E-state index contributed by atoms with van der Waals surface area (Å²) in [5.41, 5.74) is 1.51. The molecule has 130 valence electrons. The van der Waals surface area contributed by atoms with E-state index in [4.69, 9.17) is 0 Å². The molecule has 1 saturated carbocycles. The van der Waals surface area contributed by atoms with Crippen molar-refractivity contribution in [1.29, 1.82) is 0 Å². The molecule has 5 nitrogen and oxygen atoms in total. The highest BCUT2D eigenvalue weighted by atomic mass is 16.2. The summed E-state index contributed by atoms with van der Waals surface area (Å²) in [7, 11) is 0. The minimum Gasteiger partial charge on any atom is -0.368 e. The third-order valence-electron chi connectivity index (χ3n) is 4.62. The van der Waals surface area contributed by atoms with Gasteiger partial charge in [-0.3, -0.25) is 9.59 Å². The molecule has 1 aliphatic heterocycles. The van der Waals surface area contributed by atoms with Crippen molar-refractivity contribution >= 4 is 17.5 Å². The van der Waals surface area contributed by atoms with E-state index in [0.29, 0.717) is 11.6 Å². The Morgan fingerprint density at radius 3 is 2.08 bits per heavy atom. The molecule has 1 aromatic rings. The fourth-order valence-electron chi connectivity index (χ4n) is 2.96. The molecule has 0 spiro atoms. The zero-order valence-electron chi connectivity index (χ0n) is 14.8. The summed E-state index contributed by atoms with van der Waals surface area (Å²) in [6.45, 7) is 9.05. The van der Waals surface area contributed by atoms with Gasteiger partial charge in [-0.15, -0.1) is 0 Å². The van der Waals surface area contributed by atoms with Crippen LogP contribution in [0.2, 0.25) is 0 Å². The standard InChI is InChI=1S/C19H27N3O2/c1-19(2,3)18(24)22-12-10-21(11-13-22)16-8-4-14(5-9-16)17(23)20-15-6-7-15/h4-5,8-9,15H,6-7,10-13H2,1-3H3,(H,20,23). The Morgan fingerprint density at radius 2 is 1.58 bits per heavy atom. The lowest BCUT2D eigenvalue weighted by atomic mass is 9.94. The molecule has 5 heteroatoms. The van der Waals surface area contributed by atoms with Crippen LogP contribution in [0.25, 0.3) is 0 Å². The van der Waals surface area contributed by atoms with Crippen LogP contribution in [0.15, 0.2) is 24.3 Å². The predicted octanol–water partition coefficient (Wildman–Crippen LogP) is 2.27. The highest BCUT2D eigenvalue weighted by Crippen LogP contribution is 2.22. The largest absolute Gasteiger partial charge is 0.368 e. The molecule has 1 heterocycles. The molecule has 0 aromatic heterocycles. The van der Waals surface area contributed by atoms with Crippen LogP contribution in [-0.2, 0) is 4.79 Å². The first-order valence-electron chi connectivity index (χ1n) is 8.80. The van der Waals surface area contributed by atoms with Crippen LogP contribution in [-0.4, -0.2) is 48.9 Å². The minimum absolute atomic E-state index is 0.0182. The van der Waals surface area contributed by atoms with Crippen molar-refractivity contribution in [2.45, 2.75) is 39.7 Å². The van der Waals surface area contributed by atoms with Gasteiger partial charge in [0.2, 0.25) is 5.91 Å². The van der Waals surface area contributed by atoms with Gasteiger partial charge >= 0.3 is 0 Å². The first kappa shape index (κ1) is 16.8.